The molecule has 1 aliphatic heterocycles. The molecule has 2 aliphatic rings. The molecule has 2 rings (SSSR count). The van der Waals surface area contributed by atoms with Gasteiger partial charge in [0, 0.05) is 5.92 Å². The summed E-state index contributed by atoms with van der Waals surface area (Å²) in [6.07, 6.45) is 8.46. The summed E-state index contributed by atoms with van der Waals surface area (Å²) in [4.78, 5) is 11.0. The van der Waals surface area contributed by atoms with Crippen molar-refractivity contribution in [3.63, 3.8) is 0 Å². The predicted octanol–water partition coefficient (Wildman–Crippen LogP) is 2.44. The van der Waals surface area contributed by atoms with Gasteiger partial charge in [-0.25, -0.2) is 4.79 Å². The van der Waals surface area contributed by atoms with E-state index in [-0.39, 0.29) is 12.1 Å². The van der Waals surface area contributed by atoms with E-state index >= 15 is 0 Å². The van der Waals surface area contributed by atoms with Crippen molar-refractivity contribution in [2.75, 3.05) is 0 Å². The molecular formula is C11H16O2. The molecule has 2 nitrogen and oxygen atoms in total. The van der Waals surface area contributed by atoms with E-state index in [1.54, 1.807) is 0 Å². The van der Waals surface area contributed by atoms with Gasteiger partial charge in [-0.15, -0.1) is 0 Å². The van der Waals surface area contributed by atoms with E-state index in [1.165, 1.54) is 32.1 Å². The summed E-state index contributed by atoms with van der Waals surface area (Å²) in [5.41, 5.74) is 0.909. The molecule has 1 saturated carbocycles. The Labute approximate surface area is 79.0 Å². The highest BCUT2D eigenvalue weighted by Crippen LogP contribution is 2.36. The van der Waals surface area contributed by atoms with Crippen molar-refractivity contribution >= 4 is 5.97 Å². The average Bonchev–Trinajstić information content (AvgIpc) is 2.16. The molecule has 1 heterocycles. The Bertz CT molecular complexity index is 236. The first-order valence-corrected chi connectivity index (χ1v) is 5.20. The lowest BCUT2D eigenvalue weighted by Gasteiger charge is -2.37. The standard InChI is InChI=1S/C11H16O2/c1-2-9-10(13-11(9)12)8-6-4-3-5-7-8/h2,8,10H,3-7H2,1H3/b9-2+/t10-/m0/s1. The zero-order chi connectivity index (χ0) is 9.26. The number of hydrogen-bond acceptors (Lipinski definition) is 2. The van der Waals surface area contributed by atoms with Gasteiger partial charge in [0.1, 0.15) is 6.10 Å². The van der Waals surface area contributed by atoms with Crippen LogP contribution in [0.15, 0.2) is 11.6 Å². The van der Waals surface area contributed by atoms with Crippen LogP contribution in [0.1, 0.15) is 39.0 Å². The van der Waals surface area contributed by atoms with Gasteiger partial charge >= 0.3 is 5.97 Å². The molecule has 13 heavy (non-hydrogen) atoms. The zero-order valence-corrected chi connectivity index (χ0v) is 8.08. The number of rotatable bonds is 1. The molecule has 0 bridgehead atoms. The average molecular weight is 180 g/mol. The Balaban J connectivity index is 1.98. The molecule has 0 spiro atoms. The second-order valence-corrected chi connectivity index (χ2v) is 3.97. The van der Waals surface area contributed by atoms with Gasteiger partial charge in [-0.2, -0.15) is 0 Å². The summed E-state index contributed by atoms with van der Waals surface area (Å²) in [5, 5.41) is 0. The summed E-state index contributed by atoms with van der Waals surface area (Å²) in [5.74, 6) is 0.510. The molecule has 1 aliphatic carbocycles. The largest absolute Gasteiger partial charge is 0.453 e. The molecule has 0 N–H and O–H groups in total. The quantitative estimate of drug-likeness (QED) is 0.457. The first kappa shape index (κ1) is 8.79. The van der Waals surface area contributed by atoms with Crippen molar-refractivity contribution in [1.82, 2.24) is 0 Å². The van der Waals surface area contributed by atoms with Crippen LogP contribution in [0.3, 0.4) is 0 Å². The maximum absolute atomic E-state index is 11.0. The third-order valence-corrected chi connectivity index (χ3v) is 3.17. The Morgan fingerprint density at radius 1 is 1.31 bits per heavy atom. The van der Waals surface area contributed by atoms with E-state index in [9.17, 15) is 4.79 Å². The molecule has 0 radical (unpaired) electrons. The smallest absolute Gasteiger partial charge is 0.338 e. The van der Waals surface area contributed by atoms with Crippen LogP contribution < -0.4 is 0 Å². The summed E-state index contributed by atoms with van der Waals surface area (Å²) < 4.78 is 5.17. The van der Waals surface area contributed by atoms with E-state index in [0.717, 1.165) is 5.57 Å². The minimum absolute atomic E-state index is 0.0990. The van der Waals surface area contributed by atoms with E-state index in [0.29, 0.717) is 5.92 Å². The van der Waals surface area contributed by atoms with Gasteiger partial charge in [0.25, 0.3) is 0 Å². The van der Waals surface area contributed by atoms with Gasteiger partial charge in [-0.3, -0.25) is 0 Å². The minimum atomic E-state index is -0.0990. The molecule has 2 heteroatoms. The van der Waals surface area contributed by atoms with Crippen molar-refractivity contribution in [3.8, 4) is 0 Å². The number of carbonyl (C=O) groups is 1. The highest BCUT2D eigenvalue weighted by molar-refractivity contribution is 5.95. The van der Waals surface area contributed by atoms with Crippen molar-refractivity contribution in [1.29, 1.82) is 0 Å². The third-order valence-electron chi connectivity index (χ3n) is 3.17. The molecule has 72 valence electrons. The Morgan fingerprint density at radius 3 is 2.54 bits per heavy atom. The number of ether oxygens (including phenoxy) is 1. The summed E-state index contributed by atoms with van der Waals surface area (Å²) in [6.45, 7) is 1.92. The molecular weight excluding hydrogens is 164 g/mol. The van der Waals surface area contributed by atoms with Crippen LogP contribution in [0.4, 0.5) is 0 Å². The molecule has 0 aromatic heterocycles. The normalized spacial score (nSPS) is 32.8. The monoisotopic (exact) mass is 180 g/mol. The van der Waals surface area contributed by atoms with Crippen LogP contribution in [0.5, 0.6) is 0 Å². The highest BCUT2D eigenvalue weighted by atomic mass is 16.6. The lowest BCUT2D eigenvalue weighted by atomic mass is 9.80. The third kappa shape index (κ3) is 1.50. The van der Waals surface area contributed by atoms with E-state index in [1.807, 2.05) is 13.0 Å². The van der Waals surface area contributed by atoms with Gasteiger partial charge in [0.15, 0.2) is 0 Å². The van der Waals surface area contributed by atoms with E-state index in [2.05, 4.69) is 0 Å². The first-order valence-electron chi connectivity index (χ1n) is 5.20. The SMILES string of the molecule is C/C=C1/C(=O)O[C@H]1C1CCCCC1. The molecule has 0 aromatic carbocycles. The highest BCUT2D eigenvalue weighted by Gasteiger charge is 2.40. The number of hydrogen-bond donors (Lipinski definition) is 0. The van der Waals surface area contributed by atoms with Crippen molar-refractivity contribution in [2.24, 2.45) is 5.92 Å². The van der Waals surface area contributed by atoms with Crippen molar-refractivity contribution in [2.45, 2.75) is 45.1 Å². The first-order chi connectivity index (χ1) is 6.33. The van der Waals surface area contributed by atoms with Crippen LogP contribution in [0, 0.1) is 5.92 Å². The fourth-order valence-electron chi connectivity index (χ4n) is 2.37. The van der Waals surface area contributed by atoms with Gasteiger partial charge in [0.2, 0.25) is 0 Å². The number of cyclic esters (lactones) is 1. The topological polar surface area (TPSA) is 26.3 Å². The predicted molar refractivity (Wildman–Crippen MR) is 50.2 cm³/mol. The Morgan fingerprint density at radius 2 is 2.00 bits per heavy atom. The second-order valence-electron chi connectivity index (χ2n) is 3.97. The van der Waals surface area contributed by atoms with Crippen LogP contribution in [0.2, 0.25) is 0 Å². The molecule has 1 atom stereocenters. The minimum Gasteiger partial charge on any atom is -0.453 e. The maximum atomic E-state index is 11.0. The number of carbonyl (C=O) groups excluding carboxylic acids is 1. The number of allylic oxidation sites excluding steroid dienone is 1. The van der Waals surface area contributed by atoms with Gasteiger partial charge in [-0.05, 0) is 19.8 Å². The fraction of sp³-hybridized carbons (Fsp3) is 0.727. The van der Waals surface area contributed by atoms with Gasteiger partial charge in [-0.1, -0.05) is 25.3 Å². The summed E-state index contributed by atoms with van der Waals surface area (Å²) >= 11 is 0. The molecule has 0 amide bonds. The number of esters is 1. The van der Waals surface area contributed by atoms with Gasteiger partial charge in [0.05, 0.1) is 5.57 Å². The van der Waals surface area contributed by atoms with Crippen LogP contribution in [-0.2, 0) is 9.53 Å². The second kappa shape index (κ2) is 3.52. The van der Waals surface area contributed by atoms with Crippen LogP contribution in [-0.4, -0.2) is 12.1 Å². The van der Waals surface area contributed by atoms with E-state index < -0.39 is 0 Å². The van der Waals surface area contributed by atoms with Crippen LogP contribution in [0.25, 0.3) is 0 Å². The lowest BCUT2D eigenvalue weighted by molar-refractivity contribution is -0.161. The Kier molecular flexibility index (Phi) is 2.38. The molecule has 0 unspecified atom stereocenters. The molecule has 0 aromatic rings. The van der Waals surface area contributed by atoms with E-state index in [4.69, 9.17) is 4.74 Å². The van der Waals surface area contributed by atoms with Crippen molar-refractivity contribution < 1.29 is 9.53 Å². The Hall–Kier alpha value is -0.790. The van der Waals surface area contributed by atoms with Crippen molar-refractivity contribution in [3.05, 3.63) is 11.6 Å². The summed E-state index contributed by atoms with van der Waals surface area (Å²) in [7, 11) is 0. The van der Waals surface area contributed by atoms with Crippen LogP contribution >= 0.6 is 0 Å². The lowest BCUT2D eigenvalue weighted by Crippen LogP contribution is -2.42. The zero-order valence-electron chi connectivity index (χ0n) is 8.08. The molecule has 1 saturated heterocycles. The fourth-order valence-corrected chi connectivity index (χ4v) is 2.37. The summed E-state index contributed by atoms with van der Waals surface area (Å²) in [6, 6.07) is 0. The molecule has 2 fully saturated rings. The maximum Gasteiger partial charge on any atom is 0.338 e. The van der Waals surface area contributed by atoms with Gasteiger partial charge < -0.3 is 4.74 Å².